The van der Waals surface area contributed by atoms with Crippen LogP contribution in [0.1, 0.15) is 133 Å². The Hall–Kier alpha value is -10.2. The van der Waals surface area contributed by atoms with Gasteiger partial charge in [-0.2, -0.15) is 11.8 Å². The molecule has 20 unspecified atom stereocenters. The van der Waals surface area contributed by atoms with E-state index >= 15 is 0 Å². The monoisotopic (exact) mass is 1700 g/mol. The first-order valence-electron chi connectivity index (χ1n) is 40.8. The third-order valence-electron chi connectivity index (χ3n) is 21.7. The molecule has 20 atom stereocenters. The minimum atomic E-state index is -2.53. The Morgan fingerprint density at radius 2 is 1.28 bits per heavy atom. The fraction of sp³-hybridized carbons (Fsp3) is 0.518. The SMILES string of the molecule is CCCCCOc1ccc(-c2ccc(-c3ccc(C(=O)NC4CC(O)C(O)NC(=O)C5C(O)C(C)CN5C(=O)C(C(C)O)NC(=O)C(C(O)C(O)c5ccc(O)c(NC(=O)C(N)CCCCNC(=O)C(Cc6ccccc6)NC(=O)C(CC(C)C)NC(=O)C(CCSC)NC=O)c5)NC(=O)C5CC(O)CN5C(O)C(C(C)O)NC4=O)cc3)cc2)cc1. The molecule has 36 heteroatoms. The van der Waals surface area contributed by atoms with Gasteiger partial charge in [-0.25, -0.2) is 0 Å². The van der Waals surface area contributed by atoms with Crippen molar-refractivity contribution in [3.8, 4) is 33.8 Å². The summed E-state index contributed by atoms with van der Waals surface area (Å²) in [5.74, 6) is -10.4. The molecule has 0 bridgehead atoms. The largest absolute Gasteiger partial charge is 0.506 e. The summed E-state index contributed by atoms with van der Waals surface area (Å²) in [5.41, 5.74) is 9.66. The van der Waals surface area contributed by atoms with E-state index in [-0.39, 0.29) is 55.7 Å². The van der Waals surface area contributed by atoms with Crippen molar-refractivity contribution in [2.75, 3.05) is 43.6 Å². The van der Waals surface area contributed by atoms with Crippen LogP contribution in [0.25, 0.3) is 22.3 Å². The number of anilines is 1. The van der Waals surface area contributed by atoms with E-state index in [1.807, 2.05) is 68.6 Å². The van der Waals surface area contributed by atoms with Crippen molar-refractivity contribution in [1.82, 2.24) is 57.7 Å². The molecule has 11 amide bonds. The average Bonchev–Trinajstić information content (AvgIpc) is 1.76. The van der Waals surface area contributed by atoms with Crippen molar-refractivity contribution in [2.24, 2.45) is 17.6 Å². The van der Waals surface area contributed by atoms with Crippen molar-refractivity contribution < 1.29 is 109 Å². The summed E-state index contributed by atoms with van der Waals surface area (Å²) in [7, 11) is 0. The maximum absolute atomic E-state index is 14.9. The number of fused-ring (bicyclic) bond motifs is 2. The molecule has 8 rings (SSSR count). The van der Waals surface area contributed by atoms with Gasteiger partial charge in [0.1, 0.15) is 78.3 Å². The summed E-state index contributed by atoms with van der Waals surface area (Å²) < 4.78 is 5.87. The number of phenolic OH excluding ortho intramolecular Hbond substituents is 1. The molecule has 0 aliphatic carbocycles. The number of phenols is 1. The van der Waals surface area contributed by atoms with Crippen LogP contribution in [-0.2, 0) is 54.4 Å². The Kier molecular flexibility index (Phi) is 36.7. The first-order valence-corrected chi connectivity index (χ1v) is 42.2. The van der Waals surface area contributed by atoms with Crippen LogP contribution in [0.2, 0.25) is 0 Å². The van der Waals surface area contributed by atoms with Gasteiger partial charge in [0, 0.05) is 44.0 Å². The van der Waals surface area contributed by atoms with Gasteiger partial charge in [-0.05, 0) is 146 Å². The molecule has 0 radical (unpaired) electrons. The maximum atomic E-state index is 14.9. The number of hydrogen-bond donors (Lipinski definition) is 21. The molecule has 0 saturated carbocycles. The number of nitrogens with one attached hydrogen (secondary N) is 10. The quantitative estimate of drug-likeness (QED) is 0.0139. The molecule has 0 spiro atoms. The predicted molar refractivity (Wildman–Crippen MR) is 447 cm³/mol. The Labute approximate surface area is 706 Å². The highest BCUT2D eigenvalue weighted by Gasteiger charge is 2.51. The topological polar surface area (TPSA) is 552 Å². The van der Waals surface area contributed by atoms with Gasteiger partial charge in [0.2, 0.25) is 59.6 Å². The number of thioether (sulfide) groups is 1. The number of amides is 11. The number of carbonyl (C=O) groups excluding carboxylic acids is 11. The van der Waals surface area contributed by atoms with Crippen LogP contribution in [0.3, 0.4) is 0 Å². The summed E-state index contributed by atoms with van der Waals surface area (Å²) in [5, 5.41) is 141. The van der Waals surface area contributed by atoms with Gasteiger partial charge in [-0.3, -0.25) is 57.6 Å². The van der Waals surface area contributed by atoms with Crippen molar-refractivity contribution in [3.05, 3.63) is 138 Å². The molecule has 3 fully saturated rings. The second kappa shape index (κ2) is 46.1. The molecule has 35 nitrogen and oxygen atoms in total. The van der Waals surface area contributed by atoms with Crippen LogP contribution in [0.5, 0.6) is 11.5 Å². The van der Waals surface area contributed by atoms with E-state index in [9.17, 15) is 104 Å². The number of aliphatic hydroxyl groups is 9. The summed E-state index contributed by atoms with van der Waals surface area (Å²) in [6, 6.07) is 17.1. The van der Waals surface area contributed by atoms with E-state index in [2.05, 4.69) is 60.1 Å². The summed E-state index contributed by atoms with van der Waals surface area (Å²) >= 11 is 1.48. The smallest absolute Gasteiger partial charge is 0.251 e. The van der Waals surface area contributed by atoms with Crippen LogP contribution in [0, 0.1) is 11.8 Å². The standard InChI is InChI=1S/C85H117N13O22S/c1-8-9-15-35-120-57-30-27-53(28-31-57)51-21-19-50(20-22-51)52-23-25-54(26-24-52)74(108)90-63-41-66(104)81(115)96-83(117)70-71(105)46(4)42-98(70)85(119)68(48(6)101)94-82(116)69(95-80(114)64-40-56(102)43-97(64)84(118)67(47(5)100)93-79(63)113)73(107)72(106)55-29-32-65(103)60(39-55)89-75(109)58(86)18-13-14-34-87-76(110)62(38-49-16-11-10-12-17-49)92-78(112)61(37-45(2)3)91-77(111)59(88-44-99)33-36-121-7/h10-12,16-17,19-32,39,44-48,56,58-59,61-64,66-73,81,84,100-107,115,118H,8-9,13-15,18,33-38,40-43,86H2,1-7H3,(H,87,110)(H,88,99)(H,89,109)(H,90,108)(H,91,111)(H,92,112)(H,93,113)(H,94,116)(H,95,114)(H,96,117). The highest BCUT2D eigenvalue weighted by Crippen LogP contribution is 2.33. The Morgan fingerprint density at radius 3 is 1.89 bits per heavy atom. The van der Waals surface area contributed by atoms with Crippen LogP contribution < -0.4 is 63.6 Å². The highest BCUT2D eigenvalue weighted by atomic mass is 32.2. The number of hydrogen-bond acceptors (Lipinski definition) is 25. The summed E-state index contributed by atoms with van der Waals surface area (Å²) in [6.07, 6.45) is -13.4. The minimum absolute atomic E-state index is 0.00482. The molecule has 660 valence electrons. The minimum Gasteiger partial charge on any atom is -0.506 e. The molecule has 5 aromatic rings. The van der Waals surface area contributed by atoms with E-state index in [4.69, 9.17) is 10.5 Å². The number of aliphatic hydroxyl groups excluding tert-OH is 9. The zero-order chi connectivity index (χ0) is 88.5. The van der Waals surface area contributed by atoms with Crippen LogP contribution in [0.15, 0.2) is 121 Å². The Balaban J connectivity index is 0.983. The van der Waals surface area contributed by atoms with Crippen LogP contribution >= 0.6 is 11.8 Å². The number of ether oxygens (including phenoxy) is 1. The molecule has 0 aromatic heterocycles. The first-order chi connectivity index (χ1) is 57.6. The molecule has 3 aliphatic rings. The van der Waals surface area contributed by atoms with Crippen molar-refractivity contribution in [1.29, 1.82) is 0 Å². The first kappa shape index (κ1) is 96.2. The van der Waals surface area contributed by atoms with E-state index in [1.54, 1.807) is 42.5 Å². The van der Waals surface area contributed by atoms with Gasteiger partial charge in [0.25, 0.3) is 5.91 Å². The van der Waals surface area contributed by atoms with Crippen molar-refractivity contribution in [2.45, 2.75) is 228 Å². The number of aromatic hydroxyl groups is 1. The lowest BCUT2D eigenvalue weighted by Gasteiger charge is -2.37. The van der Waals surface area contributed by atoms with E-state index in [0.717, 1.165) is 83.5 Å². The highest BCUT2D eigenvalue weighted by molar-refractivity contribution is 7.98. The van der Waals surface area contributed by atoms with E-state index in [0.29, 0.717) is 36.3 Å². The average molecular weight is 1710 g/mol. The van der Waals surface area contributed by atoms with Gasteiger partial charge in [-0.15, -0.1) is 0 Å². The number of rotatable bonds is 35. The summed E-state index contributed by atoms with van der Waals surface area (Å²) in [4.78, 5) is 156. The van der Waals surface area contributed by atoms with Gasteiger partial charge in [0.15, 0.2) is 6.23 Å². The number of carbonyl (C=O) groups is 11. The molecule has 3 saturated heterocycles. The molecule has 22 N–H and O–H groups in total. The second-order valence-electron chi connectivity index (χ2n) is 31.6. The maximum Gasteiger partial charge on any atom is 0.251 e. The van der Waals surface area contributed by atoms with E-state index in [1.165, 1.54) is 30.8 Å². The molecule has 5 aromatic carbocycles. The van der Waals surface area contributed by atoms with Crippen molar-refractivity contribution in [3.63, 3.8) is 0 Å². The fourth-order valence-electron chi connectivity index (χ4n) is 14.7. The zero-order valence-corrected chi connectivity index (χ0v) is 69.6. The number of benzene rings is 5. The zero-order valence-electron chi connectivity index (χ0n) is 68.8. The lowest BCUT2D eigenvalue weighted by molar-refractivity contribution is -0.148. The van der Waals surface area contributed by atoms with Gasteiger partial charge >= 0.3 is 0 Å². The number of nitrogens with zero attached hydrogens (tertiary/aromatic N) is 2. The molecule has 3 heterocycles. The fourth-order valence-corrected chi connectivity index (χ4v) is 15.1. The predicted octanol–water partition coefficient (Wildman–Crippen LogP) is -0.457. The summed E-state index contributed by atoms with van der Waals surface area (Å²) in [6.45, 7) is 9.09. The van der Waals surface area contributed by atoms with Crippen LogP contribution in [0.4, 0.5) is 5.69 Å². The Morgan fingerprint density at radius 1 is 0.661 bits per heavy atom. The molecule has 3 aliphatic heterocycles. The normalized spacial score (nSPS) is 24.0. The lowest BCUT2D eigenvalue weighted by atomic mass is 9.96. The molecule has 121 heavy (non-hydrogen) atoms. The molecular weight excluding hydrogens is 1590 g/mol. The van der Waals surface area contributed by atoms with Crippen LogP contribution in [-0.4, -0.2) is 274 Å². The number of unbranched alkanes of at least 4 members (excludes halogenated alkanes) is 3. The second-order valence-corrected chi connectivity index (χ2v) is 32.6. The van der Waals surface area contributed by atoms with E-state index < -0.39 is 218 Å². The van der Waals surface area contributed by atoms with Gasteiger partial charge < -0.3 is 120 Å². The Bertz CT molecular complexity index is 4290. The lowest BCUT2D eigenvalue weighted by Crippen LogP contribution is -2.64. The third kappa shape index (κ3) is 26.9. The molecular formula is C85H117N13O22S. The van der Waals surface area contributed by atoms with Crippen molar-refractivity contribution >= 4 is 82.9 Å². The third-order valence-corrected chi connectivity index (χ3v) is 22.3. The van der Waals surface area contributed by atoms with Gasteiger partial charge in [-0.1, -0.05) is 125 Å². The van der Waals surface area contributed by atoms with Gasteiger partial charge in [0.05, 0.1) is 54.8 Å². The number of nitrogens with two attached hydrogens (primary N) is 1.